The van der Waals surface area contributed by atoms with Crippen LogP contribution in [0.2, 0.25) is 0 Å². The third-order valence-corrected chi connectivity index (χ3v) is 6.48. The van der Waals surface area contributed by atoms with Gasteiger partial charge < -0.3 is 20.2 Å². The first kappa shape index (κ1) is 18.4. The van der Waals surface area contributed by atoms with E-state index in [1.807, 2.05) is 12.1 Å². The number of fused-ring (bicyclic) bond motifs is 2. The number of hydrogen-bond donors (Lipinski definition) is 2. The molecule has 2 amide bonds. The highest BCUT2D eigenvalue weighted by Gasteiger charge is 2.52. The maximum absolute atomic E-state index is 13.0. The Morgan fingerprint density at radius 2 is 2.00 bits per heavy atom. The van der Waals surface area contributed by atoms with Gasteiger partial charge in [0.1, 0.15) is 0 Å². The lowest BCUT2D eigenvalue weighted by Crippen LogP contribution is -2.37. The monoisotopic (exact) mass is 457 g/mol. The minimum absolute atomic E-state index is 0.0732. The van der Waals surface area contributed by atoms with Crippen molar-refractivity contribution in [2.75, 3.05) is 24.5 Å². The number of rotatable bonds is 3. The molecule has 2 fully saturated rings. The van der Waals surface area contributed by atoms with E-state index in [9.17, 15) is 9.59 Å². The van der Waals surface area contributed by atoms with Crippen LogP contribution in [0.3, 0.4) is 0 Å². The summed E-state index contributed by atoms with van der Waals surface area (Å²) in [6.07, 6.45) is 5.31. The Kier molecular flexibility index (Phi) is 4.23. The molecule has 1 saturated carbocycles. The topological polar surface area (TPSA) is 98.7 Å². The molecule has 5 rings (SSSR count). The van der Waals surface area contributed by atoms with Crippen LogP contribution in [-0.2, 0) is 5.41 Å². The van der Waals surface area contributed by atoms with Gasteiger partial charge in [0.25, 0.3) is 5.91 Å². The van der Waals surface area contributed by atoms with Crippen LogP contribution in [0.25, 0.3) is 0 Å². The second-order valence-corrected chi connectivity index (χ2v) is 8.90. The molecule has 8 nitrogen and oxygen atoms in total. The number of nitrogens with one attached hydrogen (secondary N) is 1. The third-order valence-electron chi connectivity index (χ3n) is 6.07. The van der Waals surface area contributed by atoms with Crippen molar-refractivity contribution in [3.8, 4) is 0 Å². The van der Waals surface area contributed by atoms with Crippen LogP contribution >= 0.6 is 15.9 Å². The number of hydrogen-bond acceptors (Lipinski definition) is 5. The molecule has 3 aliphatic rings. The lowest BCUT2D eigenvalue weighted by molar-refractivity contribution is 0.0788. The number of aromatic nitrogens is 2. The highest BCUT2D eigenvalue weighted by atomic mass is 79.9. The fourth-order valence-corrected chi connectivity index (χ4v) is 4.64. The standard InChI is InChI=1S/C20H20BrN5O3/c21-13-8-22-18(23-9-13)26-11-20(4-5-20)15-2-1-12(7-16(15)26)17(27)25-6-3-14(10-25)24-19(28)29/h1-2,7-9,14,24H,3-6,10-11H2,(H,28,29). The summed E-state index contributed by atoms with van der Waals surface area (Å²) >= 11 is 3.37. The number of nitrogens with zero attached hydrogens (tertiary/aromatic N) is 4. The zero-order valence-electron chi connectivity index (χ0n) is 15.6. The summed E-state index contributed by atoms with van der Waals surface area (Å²) in [4.78, 5) is 36.6. The summed E-state index contributed by atoms with van der Waals surface area (Å²) in [7, 11) is 0. The first-order valence-electron chi connectivity index (χ1n) is 9.64. The Bertz CT molecular complexity index is 992. The van der Waals surface area contributed by atoms with Crippen molar-refractivity contribution in [1.82, 2.24) is 20.2 Å². The van der Waals surface area contributed by atoms with E-state index < -0.39 is 6.09 Å². The number of benzene rings is 1. The summed E-state index contributed by atoms with van der Waals surface area (Å²) in [5.74, 6) is 0.561. The average Bonchev–Trinajstić information content (AvgIpc) is 3.22. The molecule has 0 bridgehead atoms. The molecule has 2 aromatic rings. The Hall–Kier alpha value is -2.68. The molecule has 1 aromatic heterocycles. The molecule has 1 spiro atoms. The molecule has 1 atom stereocenters. The zero-order chi connectivity index (χ0) is 20.2. The number of amides is 2. The van der Waals surface area contributed by atoms with Crippen LogP contribution in [0.1, 0.15) is 35.2 Å². The minimum atomic E-state index is -1.05. The SMILES string of the molecule is O=C(O)NC1CCN(C(=O)c2ccc3c(c2)N(c2ncc(Br)cn2)CC32CC2)C1. The van der Waals surface area contributed by atoms with Crippen molar-refractivity contribution >= 4 is 39.6 Å². The van der Waals surface area contributed by atoms with Crippen molar-refractivity contribution < 1.29 is 14.7 Å². The van der Waals surface area contributed by atoms with Crippen molar-refractivity contribution in [3.63, 3.8) is 0 Å². The van der Waals surface area contributed by atoms with Gasteiger partial charge in [0.15, 0.2) is 0 Å². The van der Waals surface area contributed by atoms with Gasteiger partial charge in [-0.15, -0.1) is 0 Å². The van der Waals surface area contributed by atoms with E-state index in [-0.39, 0.29) is 17.4 Å². The smallest absolute Gasteiger partial charge is 0.404 e. The van der Waals surface area contributed by atoms with Gasteiger partial charge in [-0.1, -0.05) is 6.07 Å². The normalized spacial score (nSPS) is 21.3. The summed E-state index contributed by atoms with van der Waals surface area (Å²) < 4.78 is 0.823. The molecule has 9 heteroatoms. The second-order valence-electron chi connectivity index (χ2n) is 7.99. The Morgan fingerprint density at radius 1 is 1.24 bits per heavy atom. The maximum Gasteiger partial charge on any atom is 0.404 e. The van der Waals surface area contributed by atoms with Crippen molar-refractivity contribution in [3.05, 3.63) is 46.2 Å². The van der Waals surface area contributed by atoms with Gasteiger partial charge in [-0.3, -0.25) is 4.79 Å². The summed E-state index contributed by atoms with van der Waals surface area (Å²) in [5, 5.41) is 11.4. The van der Waals surface area contributed by atoms with Gasteiger partial charge in [-0.25, -0.2) is 14.8 Å². The van der Waals surface area contributed by atoms with E-state index >= 15 is 0 Å². The minimum Gasteiger partial charge on any atom is -0.465 e. The molecule has 1 aliphatic carbocycles. The number of carbonyl (C=O) groups is 2. The molecule has 29 heavy (non-hydrogen) atoms. The number of carboxylic acid groups (broad SMARTS) is 1. The lowest BCUT2D eigenvalue weighted by Gasteiger charge is -2.20. The predicted octanol–water partition coefficient (Wildman–Crippen LogP) is 2.90. The van der Waals surface area contributed by atoms with E-state index in [1.165, 1.54) is 5.56 Å². The van der Waals surface area contributed by atoms with Crippen LogP contribution in [0, 0.1) is 0 Å². The fourth-order valence-electron chi connectivity index (χ4n) is 4.43. The van der Waals surface area contributed by atoms with E-state index in [0.717, 1.165) is 29.5 Å². The van der Waals surface area contributed by atoms with E-state index in [4.69, 9.17) is 5.11 Å². The Balaban J connectivity index is 1.43. The Labute approximate surface area is 176 Å². The largest absolute Gasteiger partial charge is 0.465 e. The predicted molar refractivity (Wildman–Crippen MR) is 110 cm³/mol. The van der Waals surface area contributed by atoms with E-state index in [0.29, 0.717) is 31.0 Å². The van der Waals surface area contributed by atoms with Gasteiger partial charge in [0.05, 0.1) is 10.5 Å². The second kappa shape index (κ2) is 6.69. The van der Waals surface area contributed by atoms with Crippen LogP contribution in [0.5, 0.6) is 0 Å². The number of anilines is 2. The quantitative estimate of drug-likeness (QED) is 0.734. The molecule has 1 saturated heterocycles. The molecular formula is C20H20BrN5O3. The first-order valence-corrected chi connectivity index (χ1v) is 10.4. The van der Waals surface area contributed by atoms with Crippen molar-refractivity contribution in [1.29, 1.82) is 0 Å². The van der Waals surface area contributed by atoms with E-state index in [1.54, 1.807) is 17.3 Å². The first-order chi connectivity index (χ1) is 13.9. The molecular weight excluding hydrogens is 438 g/mol. The third kappa shape index (κ3) is 3.23. The zero-order valence-corrected chi connectivity index (χ0v) is 17.2. The fraction of sp³-hybridized carbons (Fsp3) is 0.400. The van der Waals surface area contributed by atoms with Gasteiger partial charge in [-0.05, 0) is 52.9 Å². The van der Waals surface area contributed by atoms with Gasteiger partial charge in [-0.2, -0.15) is 0 Å². The van der Waals surface area contributed by atoms with Crippen LogP contribution < -0.4 is 10.2 Å². The molecule has 150 valence electrons. The van der Waals surface area contributed by atoms with Crippen LogP contribution in [0.15, 0.2) is 35.1 Å². The average molecular weight is 458 g/mol. The molecule has 3 heterocycles. The summed E-state index contributed by atoms with van der Waals surface area (Å²) in [6, 6.07) is 5.68. The van der Waals surface area contributed by atoms with Gasteiger partial charge in [0, 0.05) is 48.7 Å². The van der Waals surface area contributed by atoms with Crippen molar-refractivity contribution in [2.45, 2.75) is 30.7 Å². The number of carbonyl (C=O) groups excluding carboxylic acids is 1. The Morgan fingerprint density at radius 3 is 2.69 bits per heavy atom. The number of halogens is 1. The molecule has 1 aromatic carbocycles. The molecule has 1 unspecified atom stereocenters. The highest BCUT2D eigenvalue weighted by molar-refractivity contribution is 9.10. The van der Waals surface area contributed by atoms with Crippen LogP contribution in [-0.4, -0.2) is 57.7 Å². The van der Waals surface area contributed by atoms with Gasteiger partial charge >= 0.3 is 6.09 Å². The van der Waals surface area contributed by atoms with Gasteiger partial charge in [0.2, 0.25) is 5.95 Å². The lowest BCUT2D eigenvalue weighted by atomic mass is 9.97. The maximum atomic E-state index is 13.0. The summed E-state index contributed by atoms with van der Waals surface area (Å²) in [6.45, 7) is 1.77. The van der Waals surface area contributed by atoms with Crippen molar-refractivity contribution in [2.24, 2.45) is 0 Å². The molecule has 2 aliphatic heterocycles. The molecule has 0 radical (unpaired) electrons. The number of likely N-dealkylation sites (tertiary alicyclic amines) is 1. The summed E-state index contributed by atoms with van der Waals surface area (Å²) in [5.41, 5.74) is 3.01. The van der Waals surface area contributed by atoms with Crippen LogP contribution in [0.4, 0.5) is 16.4 Å². The highest BCUT2D eigenvalue weighted by Crippen LogP contribution is 2.57. The van der Waals surface area contributed by atoms with E-state index in [2.05, 4.69) is 42.2 Å². The molecule has 2 N–H and O–H groups in total.